The Morgan fingerprint density at radius 2 is 2.50 bits per heavy atom. The molecule has 3 N–H and O–H groups in total. The molecule has 2 rings (SSSR count). The number of nitrogens with zero attached hydrogens (tertiary/aromatic N) is 1. The van der Waals surface area contributed by atoms with E-state index in [2.05, 4.69) is 10.3 Å². The lowest BCUT2D eigenvalue weighted by Gasteiger charge is -2.09. The molecule has 1 fully saturated rings. The highest BCUT2D eigenvalue weighted by Crippen LogP contribution is 2.15. The van der Waals surface area contributed by atoms with Crippen molar-refractivity contribution in [3.05, 3.63) is 23.6 Å². The molecule has 1 aromatic heterocycles. The number of aromatic nitrogens is 1. The first-order chi connectivity index (χ1) is 8.68. The lowest BCUT2D eigenvalue weighted by Crippen LogP contribution is -2.27. The maximum Gasteiger partial charge on any atom is 0.254 e. The van der Waals surface area contributed by atoms with Gasteiger partial charge in [0.05, 0.1) is 5.56 Å². The normalized spacial score (nSPS) is 18.8. The molecular formula is C12H16FN3O2. The van der Waals surface area contributed by atoms with Gasteiger partial charge in [0.2, 0.25) is 0 Å². The summed E-state index contributed by atoms with van der Waals surface area (Å²) in [6, 6.07) is 1.32. The molecule has 1 aromatic rings. The van der Waals surface area contributed by atoms with Gasteiger partial charge < -0.3 is 15.8 Å². The topological polar surface area (TPSA) is 77.2 Å². The molecule has 1 amide bonds. The molecule has 1 atom stereocenters. The minimum absolute atomic E-state index is 0.0647. The summed E-state index contributed by atoms with van der Waals surface area (Å²) in [5.74, 6) is -0.996. The Labute approximate surface area is 105 Å². The quantitative estimate of drug-likeness (QED) is 0.837. The third-order valence-electron chi connectivity index (χ3n) is 3.02. The average Bonchev–Trinajstić information content (AvgIpc) is 2.85. The molecule has 1 unspecified atom stereocenters. The molecule has 0 bridgehead atoms. The number of carbonyl (C=O) groups excluding carboxylic acids is 1. The van der Waals surface area contributed by atoms with Crippen molar-refractivity contribution in [2.24, 2.45) is 5.92 Å². The second-order valence-corrected chi connectivity index (χ2v) is 4.33. The number of halogens is 1. The van der Waals surface area contributed by atoms with Gasteiger partial charge in [-0.15, -0.1) is 0 Å². The minimum atomic E-state index is -0.765. The maximum absolute atomic E-state index is 13.5. The predicted molar refractivity (Wildman–Crippen MR) is 64.5 cm³/mol. The SMILES string of the molecule is Nc1nccc(C(=O)NCCC2CCOC2)c1F. The van der Waals surface area contributed by atoms with Gasteiger partial charge in [0.1, 0.15) is 0 Å². The highest BCUT2D eigenvalue weighted by Gasteiger charge is 2.17. The maximum atomic E-state index is 13.5. The zero-order valence-electron chi connectivity index (χ0n) is 9.99. The fraction of sp³-hybridized carbons (Fsp3) is 0.500. The summed E-state index contributed by atoms with van der Waals surface area (Å²) >= 11 is 0. The van der Waals surface area contributed by atoms with Crippen LogP contribution < -0.4 is 11.1 Å². The molecule has 0 radical (unpaired) electrons. The second-order valence-electron chi connectivity index (χ2n) is 4.33. The van der Waals surface area contributed by atoms with E-state index in [0.717, 1.165) is 26.1 Å². The van der Waals surface area contributed by atoms with Crippen LogP contribution >= 0.6 is 0 Å². The summed E-state index contributed by atoms with van der Waals surface area (Å²) in [6.45, 7) is 2.04. The number of hydrogen-bond donors (Lipinski definition) is 2. The van der Waals surface area contributed by atoms with Gasteiger partial charge in [0.25, 0.3) is 5.91 Å². The fourth-order valence-corrected chi connectivity index (χ4v) is 1.93. The van der Waals surface area contributed by atoms with Crippen LogP contribution in [0.4, 0.5) is 10.2 Å². The largest absolute Gasteiger partial charge is 0.381 e. The Morgan fingerprint density at radius 3 is 3.22 bits per heavy atom. The van der Waals surface area contributed by atoms with E-state index in [-0.39, 0.29) is 11.4 Å². The number of pyridine rings is 1. The van der Waals surface area contributed by atoms with Gasteiger partial charge >= 0.3 is 0 Å². The molecule has 1 aliphatic rings. The first kappa shape index (κ1) is 12.8. The van der Waals surface area contributed by atoms with Gasteiger partial charge in [-0.25, -0.2) is 9.37 Å². The van der Waals surface area contributed by atoms with Crippen LogP contribution in [0.3, 0.4) is 0 Å². The summed E-state index contributed by atoms with van der Waals surface area (Å²) in [7, 11) is 0. The van der Waals surface area contributed by atoms with E-state index in [4.69, 9.17) is 10.5 Å². The number of rotatable bonds is 4. The van der Waals surface area contributed by atoms with Crippen LogP contribution in [0.5, 0.6) is 0 Å². The Bertz CT molecular complexity index is 433. The van der Waals surface area contributed by atoms with Crippen LogP contribution in [-0.2, 0) is 4.74 Å². The number of hydrogen-bond acceptors (Lipinski definition) is 4. The highest BCUT2D eigenvalue weighted by atomic mass is 19.1. The lowest BCUT2D eigenvalue weighted by atomic mass is 10.1. The number of nitrogens with one attached hydrogen (secondary N) is 1. The summed E-state index contributed by atoms with van der Waals surface area (Å²) in [5.41, 5.74) is 5.24. The Hall–Kier alpha value is -1.69. The molecule has 0 aliphatic carbocycles. The monoisotopic (exact) mass is 253 g/mol. The summed E-state index contributed by atoms with van der Waals surface area (Å²) in [5, 5.41) is 2.68. The van der Waals surface area contributed by atoms with E-state index < -0.39 is 11.7 Å². The van der Waals surface area contributed by atoms with Crippen molar-refractivity contribution < 1.29 is 13.9 Å². The number of nitrogens with two attached hydrogens (primary N) is 1. The van der Waals surface area contributed by atoms with Gasteiger partial charge in [-0.1, -0.05) is 0 Å². The molecule has 0 saturated carbocycles. The molecule has 0 aromatic carbocycles. The molecule has 6 heteroatoms. The van der Waals surface area contributed by atoms with Crippen molar-refractivity contribution in [1.29, 1.82) is 0 Å². The Morgan fingerprint density at radius 1 is 1.67 bits per heavy atom. The van der Waals surface area contributed by atoms with Crippen LogP contribution in [0.25, 0.3) is 0 Å². The van der Waals surface area contributed by atoms with Crippen molar-refractivity contribution >= 4 is 11.7 Å². The van der Waals surface area contributed by atoms with Crippen LogP contribution in [0.2, 0.25) is 0 Å². The third kappa shape index (κ3) is 2.95. The summed E-state index contributed by atoms with van der Waals surface area (Å²) in [6.07, 6.45) is 3.18. The van der Waals surface area contributed by atoms with Crippen molar-refractivity contribution in [3.8, 4) is 0 Å². The van der Waals surface area contributed by atoms with Gasteiger partial charge in [-0.3, -0.25) is 4.79 Å². The number of amides is 1. The first-order valence-electron chi connectivity index (χ1n) is 5.94. The predicted octanol–water partition coefficient (Wildman–Crippen LogP) is 0.959. The lowest BCUT2D eigenvalue weighted by molar-refractivity contribution is 0.0946. The highest BCUT2D eigenvalue weighted by molar-refractivity contribution is 5.95. The van der Waals surface area contributed by atoms with Crippen molar-refractivity contribution in [2.45, 2.75) is 12.8 Å². The molecule has 98 valence electrons. The van der Waals surface area contributed by atoms with Gasteiger partial charge in [0, 0.05) is 26.0 Å². The van der Waals surface area contributed by atoms with E-state index in [0.29, 0.717) is 12.5 Å². The van der Waals surface area contributed by atoms with Crippen molar-refractivity contribution in [1.82, 2.24) is 10.3 Å². The number of nitrogen functional groups attached to an aromatic ring is 1. The van der Waals surface area contributed by atoms with E-state index >= 15 is 0 Å². The van der Waals surface area contributed by atoms with Gasteiger partial charge in [-0.05, 0) is 24.8 Å². The van der Waals surface area contributed by atoms with Gasteiger partial charge in [0.15, 0.2) is 11.6 Å². The van der Waals surface area contributed by atoms with Crippen molar-refractivity contribution in [2.75, 3.05) is 25.5 Å². The molecule has 1 saturated heterocycles. The molecule has 2 heterocycles. The Balaban J connectivity index is 1.85. The number of ether oxygens (including phenoxy) is 1. The Kier molecular flexibility index (Phi) is 4.09. The second kappa shape index (κ2) is 5.77. The van der Waals surface area contributed by atoms with Crippen LogP contribution in [0.15, 0.2) is 12.3 Å². The molecular weight excluding hydrogens is 237 g/mol. The van der Waals surface area contributed by atoms with Gasteiger partial charge in [-0.2, -0.15) is 0 Å². The van der Waals surface area contributed by atoms with E-state index in [1.54, 1.807) is 0 Å². The number of anilines is 1. The fourth-order valence-electron chi connectivity index (χ4n) is 1.93. The standard InChI is InChI=1S/C12H16FN3O2/c13-10-9(2-5-15-11(10)14)12(17)16-4-1-8-3-6-18-7-8/h2,5,8H,1,3-4,6-7H2,(H2,14,15)(H,16,17). The van der Waals surface area contributed by atoms with E-state index in [1.165, 1.54) is 12.3 Å². The van der Waals surface area contributed by atoms with Crippen LogP contribution in [-0.4, -0.2) is 30.6 Å². The smallest absolute Gasteiger partial charge is 0.254 e. The zero-order chi connectivity index (χ0) is 13.0. The van der Waals surface area contributed by atoms with Crippen LogP contribution in [0, 0.1) is 11.7 Å². The molecule has 0 spiro atoms. The summed E-state index contributed by atoms with van der Waals surface area (Å²) in [4.78, 5) is 15.3. The van der Waals surface area contributed by atoms with Crippen LogP contribution in [0.1, 0.15) is 23.2 Å². The number of carbonyl (C=O) groups is 1. The van der Waals surface area contributed by atoms with E-state index in [1.807, 2.05) is 0 Å². The average molecular weight is 253 g/mol. The zero-order valence-corrected chi connectivity index (χ0v) is 9.99. The molecule has 18 heavy (non-hydrogen) atoms. The molecule has 1 aliphatic heterocycles. The first-order valence-corrected chi connectivity index (χ1v) is 5.94. The minimum Gasteiger partial charge on any atom is -0.381 e. The third-order valence-corrected chi connectivity index (χ3v) is 3.02. The van der Waals surface area contributed by atoms with E-state index in [9.17, 15) is 9.18 Å². The summed E-state index contributed by atoms with van der Waals surface area (Å²) < 4.78 is 18.7. The molecule has 5 nitrogen and oxygen atoms in total. The van der Waals surface area contributed by atoms with Crippen molar-refractivity contribution in [3.63, 3.8) is 0 Å².